The van der Waals surface area contributed by atoms with Crippen LogP contribution < -0.4 is 0 Å². The number of thiol groups is 2. The molecule has 0 aromatic rings. The van der Waals surface area contributed by atoms with E-state index < -0.39 is 0 Å². The second-order valence-corrected chi connectivity index (χ2v) is 10.3. The minimum Gasteiger partial charge on any atom is -0.335 e. The molecule has 29 heavy (non-hydrogen) atoms. The maximum absolute atomic E-state index is 5.77. The normalized spacial score (nSPS) is 11.9. The van der Waals surface area contributed by atoms with Crippen LogP contribution in [0, 0.1) is 0 Å². The summed E-state index contributed by atoms with van der Waals surface area (Å²) in [6.07, 6.45) is 27.8. The molecule has 0 fully saturated rings. The predicted octanol–water partition coefficient (Wildman–Crippen LogP) is 9.33. The molecule has 1 nitrogen and oxygen atoms in total. The van der Waals surface area contributed by atoms with Gasteiger partial charge in [0.15, 0.2) is 0 Å². The molecule has 0 atom stereocenters. The van der Waals surface area contributed by atoms with Gasteiger partial charge < -0.3 is 4.74 Å². The van der Waals surface area contributed by atoms with Crippen molar-refractivity contribution in [1.82, 2.24) is 0 Å². The van der Waals surface area contributed by atoms with Crippen LogP contribution in [0.2, 0.25) is 0 Å². The van der Waals surface area contributed by atoms with Crippen LogP contribution in [0.3, 0.4) is 0 Å². The van der Waals surface area contributed by atoms with Crippen molar-refractivity contribution in [3.63, 3.8) is 0 Å². The van der Waals surface area contributed by atoms with E-state index in [0.717, 1.165) is 11.0 Å². The number of hydrogen-bond donors (Lipinski definition) is 2. The van der Waals surface area contributed by atoms with Gasteiger partial charge in [-0.3, -0.25) is 0 Å². The van der Waals surface area contributed by atoms with Crippen LogP contribution in [0.5, 0.6) is 0 Å². The van der Waals surface area contributed by atoms with Crippen molar-refractivity contribution in [3.8, 4) is 0 Å². The topological polar surface area (TPSA) is 9.23 Å². The minimum atomic E-state index is 0. The Hall–Kier alpha value is 1.15. The van der Waals surface area contributed by atoms with Gasteiger partial charge >= 0.3 is 0 Å². The van der Waals surface area contributed by atoms with Crippen molar-refractivity contribution in [2.24, 2.45) is 0 Å². The van der Waals surface area contributed by atoms with Gasteiger partial charge in [-0.1, -0.05) is 129 Å². The van der Waals surface area contributed by atoms with Crippen LogP contribution >= 0.6 is 24.0 Å². The molecule has 0 saturated heterocycles. The monoisotopic (exact) mass is 496 g/mol. The molecule has 4 heteroatoms. The molecule has 0 rings (SSSR count). The fraction of sp³-hybridized carbons (Fsp3) is 0.960. The predicted molar refractivity (Wildman–Crippen MR) is 137 cm³/mol. The summed E-state index contributed by atoms with van der Waals surface area (Å²) < 4.78 is 6.71. The van der Waals surface area contributed by atoms with Gasteiger partial charge in [0.1, 0.15) is 4.38 Å². The Kier molecular flexibility index (Phi) is 32.5. The third-order valence-electron chi connectivity index (χ3n) is 5.49. The molecule has 172 valence electrons. The third-order valence-corrected chi connectivity index (χ3v) is 6.98. The number of rotatable bonds is 22. The van der Waals surface area contributed by atoms with Crippen LogP contribution in [0.1, 0.15) is 142 Å². The molecular formula is C25H52OS2Zn. The van der Waals surface area contributed by atoms with Crippen molar-refractivity contribution >= 4 is 28.4 Å². The average Bonchev–Trinajstić information content (AvgIpc) is 2.70. The van der Waals surface area contributed by atoms with Gasteiger partial charge in [0.05, 0.1) is 6.61 Å². The Morgan fingerprint density at radius 3 is 1.31 bits per heavy atom. The van der Waals surface area contributed by atoms with E-state index in [0.29, 0.717) is 0 Å². The fourth-order valence-corrected chi connectivity index (χ4v) is 4.72. The molecule has 0 unspecified atom stereocenters. The standard InChI is InChI=1S/C25H52OS2.Zn/c1-3-5-7-9-11-13-15-17-19-21-23-26-25(27)28-24-22-20-18-16-14-12-10-8-6-4-2;/h27-28H,3-24H2,1-2H3;. The van der Waals surface area contributed by atoms with E-state index in [1.165, 1.54) is 146 Å². The van der Waals surface area contributed by atoms with Crippen molar-refractivity contribution in [2.75, 3.05) is 12.4 Å². The van der Waals surface area contributed by atoms with Gasteiger partial charge in [0, 0.05) is 19.5 Å². The molecule has 0 aromatic heterocycles. The molecule has 0 saturated carbocycles. The molecule has 0 aromatic carbocycles. The number of unbranched alkanes of at least 4 members (excludes halogenated alkanes) is 18. The maximum Gasteiger partial charge on any atom is 0.127 e. The summed E-state index contributed by atoms with van der Waals surface area (Å²) in [7, 11) is 0. The van der Waals surface area contributed by atoms with E-state index in [-0.39, 0.29) is 19.5 Å². The first-order chi connectivity index (χ1) is 13.8. The zero-order valence-corrected chi connectivity index (χ0v) is 24.8. The van der Waals surface area contributed by atoms with Crippen molar-refractivity contribution < 1.29 is 24.2 Å². The zero-order valence-electron chi connectivity index (χ0n) is 20.1. The van der Waals surface area contributed by atoms with Gasteiger partial charge in [0.25, 0.3) is 0 Å². The van der Waals surface area contributed by atoms with E-state index in [2.05, 4.69) is 26.5 Å². The molecule has 0 aliphatic rings. The Morgan fingerprint density at radius 2 is 0.897 bits per heavy atom. The number of hydrogen-bond acceptors (Lipinski definition) is 1. The second-order valence-electron chi connectivity index (χ2n) is 8.38. The van der Waals surface area contributed by atoms with Crippen LogP contribution in [0.15, 0.2) is 0 Å². The second kappa shape index (κ2) is 29.2. The van der Waals surface area contributed by atoms with Gasteiger partial charge in [0.2, 0.25) is 0 Å². The Morgan fingerprint density at radius 1 is 0.552 bits per heavy atom. The van der Waals surface area contributed by atoms with E-state index in [4.69, 9.17) is 4.74 Å². The summed E-state index contributed by atoms with van der Waals surface area (Å²) in [5.41, 5.74) is 0. The summed E-state index contributed by atoms with van der Waals surface area (Å²) in [6, 6.07) is 0. The van der Waals surface area contributed by atoms with E-state index in [1.54, 1.807) is 0 Å². The van der Waals surface area contributed by atoms with E-state index >= 15 is 0 Å². The number of ether oxygens (including phenoxy) is 1. The van der Waals surface area contributed by atoms with E-state index in [1.807, 2.05) is 0 Å². The van der Waals surface area contributed by atoms with Crippen molar-refractivity contribution in [1.29, 1.82) is 0 Å². The first-order valence-electron chi connectivity index (χ1n) is 12.7. The van der Waals surface area contributed by atoms with Gasteiger partial charge in [-0.25, -0.2) is 0 Å². The molecule has 0 radical (unpaired) electrons. The van der Waals surface area contributed by atoms with Gasteiger partial charge in [-0.05, 0) is 18.6 Å². The maximum atomic E-state index is 5.77. The smallest absolute Gasteiger partial charge is 0.127 e. The Labute approximate surface area is 206 Å². The SMILES string of the molecule is CCCCCCCCCCCCOC(S)=[SH]CCCCCCCCCCCC.[Zn]. The minimum absolute atomic E-state index is 0. The van der Waals surface area contributed by atoms with Crippen LogP contribution in [-0.2, 0) is 24.2 Å². The molecule has 0 aliphatic heterocycles. The largest absolute Gasteiger partial charge is 0.335 e. The first kappa shape index (κ1) is 32.3. The molecule has 0 bridgehead atoms. The van der Waals surface area contributed by atoms with Crippen LogP contribution in [0.4, 0.5) is 0 Å². The van der Waals surface area contributed by atoms with Gasteiger partial charge in [-0.15, -0.1) is 12.6 Å². The van der Waals surface area contributed by atoms with Gasteiger partial charge in [-0.2, -0.15) is 11.4 Å². The van der Waals surface area contributed by atoms with Crippen molar-refractivity contribution in [2.45, 2.75) is 142 Å². The third kappa shape index (κ3) is 29.2. The first-order valence-corrected chi connectivity index (χ1v) is 14.2. The zero-order chi connectivity index (χ0) is 20.5. The fourth-order valence-electron chi connectivity index (χ4n) is 3.57. The summed E-state index contributed by atoms with van der Waals surface area (Å²) >= 11 is 5.80. The molecule has 0 N–H and O–H groups in total. The summed E-state index contributed by atoms with van der Waals surface area (Å²) in [6.45, 7) is 5.43. The van der Waals surface area contributed by atoms with Crippen molar-refractivity contribution in [3.05, 3.63) is 0 Å². The molecular weight excluding hydrogens is 446 g/mol. The molecule has 0 amide bonds. The Bertz CT molecular complexity index is 324. The Balaban J connectivity index is 0. The average molecular weight is 498 g/mol. The molecule has 0 aliphatic carbocycles. The summed E-state index contributed by atoms with van der Waals surface area (Å²) in [5, 5.41) is 0. The quantitative estimate of drug-likeness (QED) is 0.0655. The van der Waals surface area contributed by atoms with Crippen LogP contribution in [-0.4, -0.2) is 16.7 Å². The van der Waals surface area contributed by atoms with E-state index in [9.17, 15) is 0 Å². The summed E-state index contributed by atoms with van der Waals surface area (Å²) in [5.74, 6) is 1.22. The molecule has 0 heterocycles. The molecule has 0 spiro atoms. The summed E-state index contributed by atoms with van der Waals surface area (Å²) in [4.78, 5) is 0. The van der Waals surface area contributed by atoms with Crippen LogP contribution in [0.25, 0.3) is 0 Å².